The molecular weight excluding hydrogens is 281 g/mol. The minimum Gasteiger partial charge on any atom is -0.486 e. The number of nitrogens with one attached hydrogen (secondary N) is 1. The number of carbonyl (C=O) groups excluding carboxylic acids is 1. The highest BCUT2D eigenvalue weighted by Gasteiger charge is 2.21. The van der Waals surface area contributed by atoms with Gasteiger partial charge in [-0.1, -0.05) is 27.5 Å². The molecule has 1 unspecified atom stereocenters. The minimum absolute atomic E-state index is 0.0598. The van der Waals surface area contributed by atoms with E-state index in [9.17, 15) is 4.79 Å². The Morgan fingerprint density at radius 2 is 2.33 bits per heavy atom. The SMILES string of the molecule is CC1CC(=O)Nc2cc(Br)cc(Cl)c2O1. The van der Waals surface area contributed by atoms with Crippen molar-refractivity contribution in [3.05, 3.63) is 21.6 Å². The molecule has 0 fully saturated rings. The van der Waals surface area contributed by atoms with Crippen molar-refractivity contribution in [2.75, 3.05) is 5.32 Å². The third-order valence-corrected chi connectivity index (χ3v) is 2.81. The molecule has 80 valence electrons. The molecule has 5 heteroatoms. The van der Waals surface area contributed by atoms with Crippen LogP contribution in [0.15, 0.2) is 16.6 Å². The Morgan fingerprint density at radius 3 is 3.07 bits per heavy atom. The molecule has 0 bridgehead atoms. The number of hydrogen-bond donors (Lipinski definition) is 1. The summed E-state index contributed by atoms with van der Waals surface area (Å²) in [6, 6.07) is 3.52. The van der Waals surface area contributed by atoms with E-state index in [4.69, 9.17) is 16.3 Å². The first-order valence-corrected chi connectivity index (χ1v) is 5.69. The molecule has 2 rings (SSSR count). The van der Waals surface area contributed by atoms with Crippen LogP contribution in [0.2, 0.25) is 5.02 Å². The summed E-state index contributed by atoms with van der Waals surface area (Å²) in [4.78, 5) is 11.4. The quantitative estimate of drug-likeness (QED) is 0.797. The molecule has 1 N–H and O–H groups in total. The molecule has 3 nitrogen and oxygen atoms in total. The van der Waals surface area contributed by atoms with Crippen LogP contribution >= 0.6 is 27.5 Å². The van der Waals surface area contributed by atoms with Crippen molar-refractivity contribution in [2.24, 2.45) is 0 Å². The molecular formula is C10H9BrClNO2. The Balaban J connectivity index is 2.50. The van der Waals surface area contributed by atoms with Gasteiger partial charge in [0.15, 0.2) is 5.75 Å². The summed E-state index contributed by atoms with van der Waals surface area (Å²) in [7, 11) is 0. The van der Waals surface area contributed by atoms with E-state index in [0.717, 1.165) is 4.47 Å². The smallest absolute Gasteiger partial charge is 0.228 e. The number of halogens is 2. The standard InChI is InChI=1S/C10H9BrClNO2/c1-5-2-9(14)13-8-4-6(11)3-7(12)10(8)15-5/h3-5H,2H2,1H3,(H,13,14). The fourth-order valence-corrected chi connectivity index (χ4v) is 2.33. The minimum atomic E-state index is -0.162. The highest BCUT2D eigenvalue weighted by molar-refractivity contribution is 9.10. The van der Waals surface area contributed by atoms with Gasteiger partial charge in [-0.2, -0.15) is 0 Å². The van der Waals surface area contributed by atoms with Gasteiger partial charge in [0.05, 0.1) is 17.1 Å². The molecule has 0 saturated carbocycles. The normalized spacial score (nSPS) is 19.9. The largest absolute Gasteiger partial charge is 0.486 e. The maximum Gasteiger partial charge on any atom is 0.228 e. The van der Waals surface area contributed by atoms with Gasteiger partial charge in [0.25, 0.3) is 0 Å². The first-order valence-electron chi connectivity index (χ1n) is 4.52. The summed E-state index contributed by atoms with van der Waals surface area (Å²) >= 11 is 9.34. The van der Waals surface area contributed by atoms with Crippen LogP contribution in [0.5, 0.6) is 5.75 Å². The summed E-state index contributed by atoms with van der Waals surface area (Å²) in [5, 5.41) is 3.25. The van der Waals surface area contributed by atoms with Crippen molar-refractivity contribution in [1.82, 2.24) is 0 Å². The van der Waals surface area contributed by atoms with Crippen molar-refractivity contribution in [1.29, 1.82) is 0 Å². The second-order valence-electron chi connectivity index (χ2n) is 3.45. The topological polar surface area (TPSA) is 38.3 Å². The Hall–Kier alpha value is -0.740. The monoisotopic (exact) mass is 289 g/mol. The molecule has 1 aliphatic rings. The predicted octanol–water partition coefficient (Wildman–Crippen LogP) is 3.21. The predicted molar refractivity (Wildman–Crippen MR) is 62.5 cm³/mol. The Kier molecular flexibility index (Phi) is 2.89. The van der Waals surface area contributed by atoms with Crippen LogP contribution in [0.1, 0.15) is 13.3 Å². The van der Waals surface area contributed by atoms with Crippen LogP contribution < -0.4 is 10.1 Å². The van der Waals surface area contributed by atoms with E-state index < -0.39 is 0 Å². The summed E-state index contributed by atoms with van der Waals surface area (Å²) in [6.07, 6.45) is 0.174. The average Bonchev–Trinajstić information content (AvgIpc) is 2.22. The fraction of sp³-hybridized carbons (Fsp3) is 0.300. The molecule has 0 radical (unpaired) electrons. The molecule has 1 aromatic rings. The molecule has 15 heavy (non-hydrogen) atoms. The number of fused-ring (bicyclic) bond motifs is 1. The van der Waals surface area contributed by atoms with Crippen LogP contribution in [0, 0.1) is 0 Å². The molecule has 0 aliphatic carbocycles. The van der Waals surface area contributed by atoms with E-state index in [2.05, 4.69) is 21.2 Å². The fourth-order valence-electron chi connectivity index (χ4n) is 1.48. The van der Waals surface area contributed by atoms with Gasteiger partial charge >= 0.3 is 0 Å². The third-order valence-electron chi connectivity index (χ3n) is 2.07. The Labute approximate surface area is 101 Å². The van der Waals surface area contributed by atoms with Crippen molar-refractivity contribution in [2.45, 2.75) is 19.4 Å². The zero-order chi connectivity index (χ0) is 11.0. The highest BCUT2D eigenvalue weighted by atomic mass is 79.9. The van der Waals surface area contributed by atoms with Gasteiger partial charge in [-0.05, 0) is 19.1 Å². The zero-order valence-corrected chi connectivity index (χ0v) is 10.4. The maximum atomic E-state index is 11.4. The molecule has 1 amide bonds. The Morgan fingerprint density at radius 1 is 1.60 bits per heavy atom. The van der Waals surface area contributed by atoms with Gasteiger partial charge in [0.2, 0.25) is 5.91 Å². The lowest BCUT2D eigenvalue weighted by molar-refractivity contribution is -0.117. The first-order chi connectivity index (χ1) is 7.06. The van der Waals surface area contributed by atoms with Crippen molar-refractivity contribution in [3.63, 3.8) is 0 Å². The number of amides is 1. The van der Waals surface area contributed by atoms with Gasteiger partial charge in [-0.25, -0.2) is 0 Å². The van der Waals surface area contributed by atoms with E-state index in [1.165, 1.54) is 0 Å². The van der Waals surface area contributed by atoms with Gasteiger partial charge in [-0.3, -0.25) is 4.79 Å². The molecule has 0 spiro atoms. The summed E-state index contributed by atoms with van der Waals surface area (Å²) in [5.74, 6) is 0.480. The van der Waals surface area contributed by atoms with Crippen LogP contribution in [0.3, 0.4) is 0 Å². The summed E-state index contributed by atoms with van der Waals surface area (Å²) < 4.78 is 6.39. The van der Waals surface area contributed by atoms with Gasteiger partial charge in [0, 0.05) is 4.47 Å². The highest BCUT2D eigenvalue weighted by Crippen LogP contribution is 2.38. The van der Waals surface area contributed by atoms with E-state index >= 15 is 0 Å². The molecule has 0 saturated heterocycles. The first kappa shape index (κ1) is 10.8. The number of hydrogen-bond acceptors (Lipinski definition) is 2. The number of carbonyl (C=O) groups is 1. The zero-order valence-electron chi connectivity index (χ0n) is 8.01. The lowest BCUT2D eigenvalue weighted by atomic mass is 10.3. The molecule has 1 aromatic carbocycles. The lowest BCUT2D eigenvalue weighted by Crippen LogP contribution is -2.17. The number of anilines is 1. The van der Waals surface area contributed by atoms with Crippen LogP contribution in [-0.4, -0.2) is 12.0 Å². The average molecular weight is 291 g/mol. The summed E-state index contributed by atoms with van der Waals surface area (Å²) in [5.41, 5.74) is 0.615. The van der Waals surface area contributed by atoms with Gasteiger partial charge < -0.3 is 10.1 Å². The summed E-state index contributed by atoms with van der Waals surface area (Å²) in [6.45, 7) is 1.84. The second-order valence-corrected chi connectivity index (χ2v) is 4.77. The second kappa shape index (κ2) is 4.02. The lowest BCUT2D eigenvalue weighted by Gasteiger charge is -2.12. The van der Waals surface area contributed by atoms with Crippen molar-refractivity contribution < 1.29 is 9.53 Å². The number of rotatable bonds is 0. The number of ether oxygens (including phenoxy) is 1. The van der Waals surface area contributed by atoms with E-state index in [0.29, 0.717) is 22.9 Å². The molecule has 0 aromatic heterocycles. The van der Waals surface area contributed by atoms with Gasteiger partial charge in [-0.15, -0.1) is 0 Å². The molecule has 1 heterocycles. The maximum absolute atomic E-state index is 11.4. The van der Waals surface area contributed by atoms with E-state index in [1.54, 1.807) is 12.1 Å². The van der Waals surface area contributed by atoms with Crippen LogP contribution in [-0.2, 0) is 4.79 Å². The number of benzene rings is 1. The molecule has 1 aliphatic heterocycles. The van der Waals surface area contributed by atoms with Crippen LogP contribution in [0.25, 0.3) is 0 Å². The van der Waals surface area contributed by atoms with Crippen molar-refractivity contribution in [3.8, 4) is 5.75 Å². The molecule has 1 atom stereocenters. The third kappa shape index (κ3) is 2.26. The van der Waals surface area contributed by atoms with E-state index in [-0.39, 0.29) is 12.0 Å². The van der Waals surface area contributed by atoms with Crippen LogP contribution in [0.4, 0.5) is 5.69 Å². The van der Waals surface area contributed by atoms with Gasteiger partial charge in [0.1, 0.15) is 6.10 Å². The van der Waals surface area contributed by atoms with Crippen molar-refractivity contribution >= 4 is 39.1 Å². The Bertz CT molecular complexity index is 422. The van der Waals surface area contributed by atoms with E-state index in [1.807, 2.05) is 6.92 Å².